The highest BCUT2D eigenvalue weighted by molar-refractivity contribution is 5.08. The van der Waals surface area contributed by atoms with Crippen molar-refractivity contribution in [3.8, 4) is 0 Å². The monoisotopic (exact) mass is 140 g/mol. The Labute approximate surface area is 50.0 Å². The minimum absolute atomic E-state index is 0.870. The van der Waals surface area contributed by atoms with Crippen molar-refractivity contribution in [2.45, 2.75) is 18.3 Å². The van der Waals surface area contributed by atoms with Gasteiger partial charge in [0.2, 0.25) is 0 Å². The molecule has 0 aromatic heterocycles. The van der Waals surface area contributed by atoms with Crippen LogP contribution in [-0.2, 0) is 0 Å². The van der Waals surface area contributed by atoms with Crippen molar-refractivity contribution in [3.05, 3.63) is 0 Å². The standard InChI is InChI=1S/C4H7F3N2/c5-4(6,7)1-2(8)3(1)9/h1-3H,8-9H2/t1?,2-,3+. The lowest BCUT2D eigenvalue weighted by atomic mass is 10.4. The van der Waals surface area contributed by atoms with Crippen LogP contribution in [0.25, 0.3) is 0 Å². The minimum Gasteiger partial charge on any atom is -0.326 e. The van der Waals surface area contributed by atoms with Gasteiger partial charge in [0.1, 0.15) is 0 Å². The van der Waals surface area contributed by atoms with Crippen LogP contribution in [0.5, 0.6) is 0 Å². The van der Waals surface area contributed by atoms with E-state index < -0.39 is 24.2 Å². The van der Waals surface area contributed by atoms with Gasteiger partial charge in [-0.15, -0.1) is 0 Å². The highest BCUT2D eigenvalue weighted by Crippen LogP contribution is 2.42. The van der Waals surface area contributed by atoms with Gasteiger partial charge in [0.25, 0.3) is 0 Å². The van der Waals surface area contributed by atoms with Crippen LogP contribution in [0.4, 0.5) is 13.2 Å². The summed E-state index contributed by atoms with van der Waals surface area (Å²) in [4.78, 5) is 0. The molecule has 0 amide bonds. The molecule has 0 heterocycles. The molecule has 0 spiro atoms. The molecule has 1 unspecified atom stereocenters. The van der Waals surface area contributed by atoms with E-state index in [0.717, 1.165) is 0 Å². The molecule has 1 fully saturated rings. The number of hydrogen-bond donors (Lipinski definition) is 2. The Balaban J connectivity index is 2.50. The molecular formula is C4H7F3N2. The SMILES string of the molecule is N[C@@H]1C(C(F)(F)F)[C@@H]1N. The second-order valence-electron chi connectivity index (χ2n) is 2.22. The maximum Gasteiger partial charge on any atom is 0.394 e. The molecule has 9 heavy (non-hydrogen) atoms. The predicted molar refractivity (Wildman–Crippen MR) is 25.5 cm³/mol. The number of rotatable bonds is 0. The van der Waals surface area contributed by atoms with Crippen molar-refractivity contribution in [3.63, 3.8) is 0 Å². The first-order valence-corrected chi connectivity index (χ1v) is 2.52. The van der Waals surface area contributed by atoms with Crippen LogP contribution < -0.4 is 11.5 Å². The molecule has 0 bridgehead atoms. The quantitative estimate of drug-likeness (QED) is 0.491. The van der Waals surface area contributed by atoms with Crippen LogP contribution in [0, 0.1) is 5.92 Å². The van der Waals surface area contributed by atoms with Crippen molar-refractivity contribution in [2.75, 3.05) is 0 Å². The third kappa shape index (κ3) is 1.02. The Bertz CT molecular complexity index is 113. The molecule has 3 atom stereocenters. The van der Waals surface area contributed by atoms with Gasteiger partial charge in [-0.05, 0) is 0 Å². The van der Waals surface area contributed by atoms with E-state index in [1.807, 2.05) is 0 Å². The summed E-state index contributed by atoms with van der Waals surface area (Å²) in [7, 11) is 0. The fourth-order valence-electron chi connectivity index (χ4n) is 0.796. The van der Waals surface area contributed by atoms with Crippen LogP contribution in [0.1, 0.15) is 0 Å². The van der Waals surface area contributed by atoms with Crippen LogP contribution in [0.15, 0.2) is 0 Å². The number of alkyl halides is 3. The van der Waals surface area contributed by atoms with Crippen molar-refractivity contribution >= 4 is 0 Å². The Morgan fingerprint density at radius 1 is 1.00 bits per heavy atom. The molecule has 0 aromatic rings. The molecule has 0 saturated heterocycles. The van der Waals surface area contributed by atoms with E-state index in [-0.39, 0.29) is 0 Å². The molecule has 5 heteroatoms. The van der Waals surface area contributed by atoms with E-state index in [0.29, 0.717) is 0 Å². The van der Waals surface area contributed by atoms with Gasteiger partial charge in [-0.25, -0.2) is 0 Å². The lowest BCUT2D eigenvalue weighted by Gasteiger charge is -2.01. The predicted octanol–water partition coefficient (Wildman–Crippen LogP) is -0.167. The van der Waals surface area contributed by atoms with E-state index in [4.69, 9.17) is 11.5 Å². The van der Waals surface area contributed by atoms with Crippen LogP contribution in [0.2, 0.25) is 0 Å². The summed E-state index contributed by atoms with van der Waals surface area (Å²) >= 11 is 0. The van der Waals surface area contributed by atoms with E-state index in [9.17, 15) is 13.2 Å². The van der Waals surface area contributed by atoms with Crippen molar-refractivity contribution in [1.82, 2.24) is 0 Å². The first-order valence-electron chi connectivity index (χ1n) is 2.52. The van der Waals surface area contributed by atoms with Gasteiger partial charge in [-0.3, -0.25) is 0 Å². The number of nitrogens with two attached hydrogens (primary N) is 2. The van der Waals surface area contributed by atoms with Gasteiger partial charge in [0, 0.05) is 12.1 Å². The molecule has 1 aliphatic carbocycles. The van der Waals surface area contributed by atoms with E-state index >= 15 is 0 Å². The summed E-state index contributed by atoms with van der Waals surface area (Å²) in [5.74, 6) is -1.46. The van der Waals surface area contributed by atoms with E-state index in [1.165, 1.54) is 0 Å². The Hall–Kier alpha value is -0.290. The van der Waals surface area contributed by atoms with E-state index in [2.05, 4.69) is 0 Å². The average molecular weight is 140 g/mol. The molecule has 1 saturated carbocycles. The maximum atomic E-state index is 11.6. The highest BCUT2D eigenvalue weighted by Gasteiger charge is 2.61. The molecule has 0 radical (unpaired) electrons. The summed E-state index contributed by atoms with van der Waals surface area (Å²) in [6.07, 6.45) is -4.20. The van der Waals surface area contributed by atoms with Gasteiger partial charge >= 0.3 is 6.18 Å². The fraction of sp³-hybridized carbons (Fsp3) is 1.00. The summed E-state index contributed by atoms with van der Waals surface area (Å²) in [6.45, 7) is 0. The summed E-state index contributed by atoms with van der Waals surface area (Å²) < 4.78 is 34.7. The molecule has 0 aliphatic heterocycles. The summed E-state index contributed by atoms with van der Waals surface area (Å²) in [5.41, 5.74) is 9.90. The van der Waals surface area contributed by atoms with Crippen LogP contribution in [-0.4, -0.2) is 18.3 Å². The molecule has 0 aromatic carbocycles. The normalized spacial score (nSPS) is 43.0. The molecule has 4 N–H and O–H groups in total. The second kappa shape index (κ2) is 1.60. The van der Waals surface area contributed by atoms with Crippen LogP contribution in [0.3, 0.4) is 0 Å². The first kappa shape index (κ1) is 6.82. The third-order valence-electron chi connectivity index (χ3n) is 1.51. The lowest BCUT2D eigenvalue weighted by Crippen LogP contribution is -2.17. The molecule has 2 nitrogen and oxygen atoms in total. The molecular weight excluding hydrogens is 133 g/mol. The molecule has 54 valence electrons. The average Bonchev–Trinajstić information content (AvgIpc) is 2.11. The number of hydrogen-bond acceptors (Lipinski definition) is 2. The lowest BCUT2D eigenvalue weighted by molar-refractivity contribution is -0.149. The topological polar surface area (TPSA) is 52.0 Å². The van der Waals surface area contributed by atoms with Crippen molar-refractivity contribution in [1.29, 1.82) is 0 Å². The van der Waals surface area contributed by atoms with E-state index in [1.54, 1.807) is 0 Å². The smallest absolute Gasteiger partial charge is 0.326 e. The summed E-state index contributed by atoms with van der Waals surface area (Å²) in [6, 6.07) is -1.74. The van der Waals surface area contributed by atoms with Crippen LogP contribution >= 0.6 is 0 Å². The Kier molecular flexibility index (Phi) is 1.22. The Morgan fingerprint density at radius 2 is 1.33 bits per heavy atom. The Morgan fingerprint density at radius 3 is 1.33 bits per heavy atom. The van der Waals surface area contributed by atoms with Gasteiger partial charge in [-0.2, -0.15) is 13.2 Å². The zero-order chi connectivity index (χ0) is 7.23. The van der Waals surface area contributed by atoms with Gasteiger partial charge in [-0.1, -0.05) is 0 Å². The summed E-state index contributed by atoms with van der Waals surface area (Å²) in [5, 5.41) is 0. The van der Waals surface area contributed by atoms with Gasteiger partial charge in [0.15, 0.2) is 0 Å². The third-order valence-corrected chi connectivity index (χ3v) is 1.51. The largest absolute Gasteiger partial charge is 0.394 e. The highest BCUT2D eigenvalue weighted by atomic mass is 19.4. The maximum absolute atomic E-state index is 11.6. The van der Waals surface area contributed by atoms with Crippen molar-refractivity contribution in [2.24, 2.45) is 17.4 Å². The zero-order valence-electron chi connectivity index (χ0n) is 4.52. The van der Waals surface area contributed by atoms with Gasteiger partial charge < -0.3 is 11.5 Å². The fourth-order valence-corrected chi connectivity index (χ4v) is 0.796. The number of halogens is 3. The second-order valence-corrected chi connectivity index (χ2v) is 2.22. The molecule has 1 aliphatic rings. The van der Waals surface area contributed by atoms with Crippen molar-refractivity contribution < 1.29 is 13.2 Å². The van der Waals surface area contributed by atoms with Gasteiger partial charge in [0.05, 0.1) is 5.92 Å². The zero-order valence-corrected chi connectivity index (χ0v) is 4.52. The molecule has 1 rings (SSSR count). The first-order chi connectivity index (χ1) is 3.94. The minimum atomic E-state index is -4.20.